The van der Waals surface area contributed by atoms with E-state index in [0.717, 1.165) is 34.2 Å². The van der Waals surface area contributed by atoms with Gasteiger partial charge >= 0.3 is 0 Å². The number of hydrogen-bond donors (Lipinski definition) is 3. The maximum atomic E-state index is 12.9. The van der Waals surface area contributed by atoms with Crippen LogP contribution >= 0.6 is 0 Å². The average Bonchev–Trinajstić information content (AvgIpc) is 3.31. The fourth-order valence-electron chi connectivity index (χ4n) is 5.11. The number of H-pyrrole nitrogens is 1. The van der Waals surface area contributed by atoms with Crippen molar-refractivity contribution in [1.82, 2.24) is 15.6 Å². The van der Waals surface area contributed by atoms with Gasteiger partial charge in [0.15, 0.2) is 5.76 Å². The van der Waals surface area contributed by atoms with Crippen molar-refractivity contribution in [3.8, 4) is 11.5 Å². The molecule has 3 N–H and O–H groups in total. The van der Waals surface area contributed by atoms with Crippen LogP contribution in [0.5, 0.6) is 11.5 Å². The molecule has 1 aromatic heterocycles. The Labute approximate surface area is 210 Å². The topological polar surface area (TPSA) is 102 Å². The van der Waals surface area contributed by atoms with Gasteiger partial charge in [0, 0.05) is 35.1 Å². The predicted molar refractivity (Wildman–Crippen MR) is 137 cm³/mol. The third kappa shape index (κ3) is 4.89. The Morgan fingerprint density at radius 1 is 1.17 bits per heavy atom. The minimum atomic E-state index is -0.266. The number of hydrogen-bond acceptors (Lipinski definition) is 5. The summed E-state index contributed by atoms with van der Waals surface area (Å²) in [5.41, 5.74) is 2.96. The predicted octanol–water partition coefficient (Wildman–Crippen LogP) is 3.57. The minimum Gasteiger partial charge on any atom is -0.497 e. The largest absolute Gasteiger partial charge is 0.497 e. The number of para-hydroxylation sites is 1. The number of carbonyl (C=O) groups excluding carboxylic acids is 2. The molecule has 188 valence electrons. The Kier molecular flexibility index (Phi) is 6.84. The number of carbonyl (C=O) groups is 2. The van der Waals surface area contributed by atoms with Crippen molar-refractivity contribution in [2.24, 2.45) is 5.92 Å². The van der Waals surface area contributed by atoms with E-state index in [-0.39, 0.29) is 35.6 Å². The monoisotopic (exact) mass is 489 g/mol. The number of amides is 2. The number of methoxy groups -OCH3 is 2. The molecule has 1 saturated carbocycles. The molecule has 5 rings (SSSR count). The molecule has 1 aliphatic heterocycles. The van der Waals surface area contributed by atoms with Crippen LogP contribution in [0.4, 0.5) is 0 Å². The number of benzene rings is 2. The van der Waals surface area contributed by atoms with E-state index in [0.29, 0.717) is 31.6 Å². The molecule has 2 heterocycles. The molecule has 0 spiro atoms. The smallest absolute Gasteiger partial charge is 0.286 e. The summed E-state index contributed by atoms with van der Waals surface area (Å²) < 4.78 is 16.8. The Bertz CT molecular complexity index is 1300. The van der Waals surface area contributed by atoms with Gasteiger partial charge in [0.1, 0.15) is 17.6 Å². The van der Waals surface area contributed by atoms with E-state index in [9.17, 15) is 9.59 Å². The molecule has 8 heteroatoms. The quantitative estimate of drug-likeness (QED) is 0.441. The van der Waals surface area contributed by atoms with Crippen molar-refractivity contribution >= 4 is 28.8 Å². The first-order chi connectivity index (χ1) is 17.6. The van der Waals surface area contributed by atoms with Gasteiger partial charge in [0.2, 0.25) is 5.91 Å². The lowest BCUT2D eigenvalue weighted by atomic mass is 9.82. The molecule has 2 fully saturated rings. The average molecular weight is 490 g/mol. The van der Waals surface area contributed by atoms with Crippen molar-refractivity contribution in [2.75, 3.05) is 20.8 Å². The molecule has 2 aromatic carbocycles. The van der Waals surface area contributed by atoms with Gasteiger partial charge in [0.05, 0.1) is 20.3 Å². The van der Waals surface area contributed by atoms with Gasteiger partial charge < -0.3 is 29.8 Å². The first kappa shape index (κ1) is 23.8. The zero-order valence-electron chi connectivity index (χ0n) is 20.5. The first-order valence-corrected chi connectivity index (χ1v) is 12.3. The molecule has 1 aliphatic carbocycles. The van der Waals surface area contributed by atoms with Crippen LogP contribution < -0.4 is 20.1 Å². The van der Waals surface area contributed by atoms with Crippen LogP contribution in [0.1, 0.15) is 30.4 Å². The highest BCUT2D eigenvalue weighted by atomic mass is 16.5. The van der Waals surface area contributed by atoms with Gasteiger partial charge in [-0.25, -0.2) is 0 Å². The second-order valence-corrected chi connectivity index (χ2v) is 9.26. The standard InChI is InChI=1S/C28H31N3O5/c1-34-20-8-9-22-21(15-20)19(16-30-22)11-12-29-27(32)18-7-10-25-23(13-18)31-28(33)26(36-25)14-17-5-3-4-6-24(17)35-2/h3-6,8-9,14-16,18,23,25,30H,7,10-13H2,1-2H3,(H,29,32)(H,31,33)/b26-14-. The molecule has 3 aromatic rings. The summed E-state index contributed by atoms with van der Waals surface area (Å²) >= 11 is 0. The fraction of sp³-hybridized carbons (Fsp3) is 0.357. The van der Waals surface area contributed by atoms with Gasteiger partial charge in [-0.3, -0.25) is 9.59 Å². The third-order valence-electron chi connectivity index (χ3n) is 7.07. The zero-order valence-corrected chi connectivity index (χ0v) is 20.5. The molecule has 2 aliphatic rings. The molecule has 3 unspecified atom stereocenters. The molecule has 8 nitrogen and oxygen atoms in total. The molecule has 36 heavy (non-hydrogen) atoms. The minimum absolute atomic E-state index is 0.0236. The van der Waals surface area contributed by atoms with Crippen molar-refractivity contribution in [3.63, 3.8) is 0 Å². The summed E-state index contributed by atoms with van der Waals surface area (Å²) in [5.74, 6) is 1.36. The highest BCUT2D eigenvalue weighted by molar-refractivity contribution is 5.97. The fourth-order valence-corrected chi connectivity index (χ4v) is 5.11. The molecule has 3 atom stereocenters. The number of nitrogens with one attached hydrogen (secondary N) is 3. The van der Waals surface area contributed by atoms with E-state index in [4.69, 9.17) is 14.2 Å². The SMILES string of the molecule is COc1ccc2[nH]cc(CCNC(=O)C3CCC4O/C(=C\c5ccccc5OC)C(=O)NC4C3)c2c1. The van der Waals surface area contributed by atoms with E-state index in [2.05, 4.69) is 15.6 Å². The van der Waals surface area contributed by atoms with Crippen LogP contribution in [-0.4, -0.2) is 49.7 Å². The Hall–Kier alpha value is -3.94. The van der Waals surface area contributed by atoms with Crippen molar-refractivity contribution in [2.45, 2.75) is 37.8 Å². The van der Waals surface area contributed by atoms with Crippen molar-refractivity contribution in [1.29, 1.82) is 0 Å². The first-order valence-electron chi connectivity index (χ1n) is 12.3. The maximum absolute atomic E-state index is 12.9. The summed E-state index contributed by atoms with van der Waals surface area (Å²) in [6.45, 7) is 0.544. The normalized spacial score (nSPS) is 22.4. The van der Waals surface area contributed by atoms with E-state index in [1.165, 1.54) is 0 Å². The van der Waals surface area contributed by atoms with Crippen LogP contribution in [0.15, 0.2) is 54.4 Å². The zero-order chi connectivity index (χ0) is 25.1. The summed E-state index contributed by atoms with van der Waals surface area (Å²) in [4.78, 5) is 28.9. The highest BCUT2D eigenvalue weighted by Crippen LogP contribution is 2.32. The summed E-state index contributed by atoms with van der Waals surface area (Å²) in [5, 5.41) is 7.23. The lowest BCUT2D eigenvalue weighted by Crippen LogP contribution is -2.54. The Morgan fingerprint density at radius 3 is 2.86 bits per heavy atom. The van der Waals surface area contributed by atoms with E-state index in [1.54, 1.807) is 20.3 Å². The number of fused-ring (bicyclic) bond motifs is 2. The summed E-state index contributed by atoms with van der Waals surface area (Å²) in [6.07, 6.45) is 6.25. The molecule has 0 radical (unpaired) electrons. The van der Waals surface area contributed by atoms with Gasteiger partial charge in [0.25, 0.3) is 5.91 Å². The van der Waals surface area contributed by atoms with Crippen LogP contribution in [0.3, 0.4) is 0 Å². The van der Waals surface area contributed by atoms with E-state index in [1.807, 2.05) is 48.7 Å². The van der Waals surface area contributed by atoms with Crippen molar-refractivity contribution in [3.05, 3.63) is 65.5 Å². The highest BCUT2D eigenvalue weighted by Gasteiger charge is 2.40. The van der Waals surface area contributed by atoms with E-state index < -0.39 is 0 Å². The summed E-state index contributed by atoms with van der Waals surface area (Å²) in [7, 11) is 3.25. The van der Waals surface area contributed by atoms with E-state index >= 15 is 0 Å². The van der Waals surface area contributed by atoms with Crippen LogP contribution in [0, 0.1) is 5.92 Å². The van der Waals surface area contributed by atoms with Crippen LogP contribution in [0.25, 0.3) is 17.0 Å². The van der Waals surface area contributed by atoms with Crippen LogP contribution in [-0.2, 0) is 20.7 Å². The lowest BCUT2D eigenvalue weighted by Gasteiger charge is -2.39. The number of rotatable bonds is 7. The molecular weight excluding hydrogens is 458 g/mol. The Morgan fingerprint density at radius 2 is 2.03 bits per heavy atom. The summed E-state index contributed by atoms with van der Waals surface area (Å²) in [6, 6.07) is 13.2. The van der Waals surface area contributed by atoms with Crippen molar-refractivity contribution < 1.29 is 23.8 Å². The number of ether oxygens (including phenoxy) is 3. The number of morpholine rings is 1. The maximum Gasteiger partial charge on any atom is 0.286 e. The molecule has 0 bridgehead atoms. The molecule has 1 saturated heterocycles. The number of aromatic amines is 1. The van der Waals surface area contributed by atoms with Gasteiger partial charge in [-0.1, -0.05) is 18.2 Å². The second kappa shape index (κ2) is 10.4. The van der Waals surface area contributed by atoms with Gasteiger partial charge in [-0.05, 0) is 61.6 Å². The van der Waals surface area contributed by atoms with Crippen LogP contribution in [0.2, 0.25) is 0 Å². The second-order valence-electron chi connectivity index (χ2n) is 9.26. The lowest BCUT2D eigenvalue weighted by molar-refractivity contribution is -0.134. The Balaban J connectivity index is 1.16. The molecule has 2 amide bonds. The molecular formula is C28H31N3O5. The number of aromatic nitrogens is 1. The van der Waals surface area contributed by atoms with Gasteiger partial charge in [-0.2, -0.15) is 0 Å². The van der Waals surface area contributed by atoms with Gasteiger partial charge in [-0.15, -0.1) is 0 Å². The third-order valence-corrected chi connectivity index (χ3v) is 7.07.